The Morgan fingerprint density at radius 1 is 1.14 bits per heavy atom. The molecule has 0 unspecified atom stereocenters. The number of nitrogens with zero attached hydrogens (tertiary/aromatic N) is 3. The van der Waals surface area contributed by atoms with E-state index in [9.17, 15) is 18.0 Å². The summed E-state index contributed by atoms with van der Waals surface area (Å²) >= 11 is 12.9. The standard InChI is InChI=1S/C24H22Cl2F3N3O2S/c1-23(2,3)15-7-5-14(6-8-15)13-35-21-18(20(24(27,28)29)31-32(21)4)12-30-34-22(33)17-10-9-16(25)11-19(17)26/h5-12H,13H2,1-4H3/b30-12-. The number of benzene rings is 2. The summed E-state index contributed by atoms with van der Waals surface area (Å²) in [6, 6.07) is 12.0. The molecule has 0 spiro atoms. The molecule has 0 fully saturated rings. The van der Waals surface area contributed by atoms with Gasteiger partial charge in [-0.05, 0) is 34.7 Å². The molecule has 0 saturated carbocycles. The average Bonchev–Trinajstić information content (AvgIpc) is 3.07. The van der Waals surface area contributed by atoms with Crippen LogP contribution in [0.15, 0.2) is 52.6 Å². The molecule has 2 aromatic carbocycles. The highest BCUT2D eigenvalue weighted by molar-refractivity contribution is 7.98. The second-order valence-corrected chi connectivity index (χ2v) is 10.5. The average molecular weight is 544 g/mol. The van der Waals surface area contributed by atoms with Gasteiger partial charge >= 0.3 is 12.1 Å². The normalized spacial score (nSPS) is 12.4. The van der Waals surface area contributed by atoms with Crippen LogP contribution in [0.1, 0.15) is 53.5 Å². The lowest BCUT2D eigenvalue weighted by Crippen LogP contribution is -2.10. The summed E-state index contributed by atoms with van der Waals surface area (Å²) < 4.78 is 42.0. The van der Waals surface area contributed by atoms with Crippen LogP contribution in [0.25, 0.3) is 0 Å². The first-order valence-corrected chi connectivity index (χ1v) is 12.1. The maximum absolute atomic E-state index is 13.6. The molecule has 0 radical (unpaired) electrons. The highest BCUT2D eigenvalue weighted by Gasteiger charge is 2.38. The second-order valence-electron chi connectivity index (χ2n) is 8.66. The van der Waals surface area contributed by atoms with Gasteiger partial charge in [-0.3, -0.25) is 4.68 Å². The molecular formula is C24H22Cl2F3N3O2S. The monoisotopic (exact) mass is 543 g/mol. The number of alkyl halides is 3. The van der Waals surface area contributed by atoms with Gasteiger partial charge in [0.25, 0.3) is 0 Å². The number of thioether (sulfide) groups is 1. The van der Waals surface area contributed by atoms with Gasteiger partial charge in [0.1, 0.15) is 5.03 Å². The van der Waals surface area contributed by atoms with Gasteiger partial charge in [-0.25, -0.2) is 4.79 Å². The maximum Gasteiger partial charge on any atom is 0.435 e. The highest BCUT2D eigenvalue weighted by atomic mass is 35.5. The predicted molar refractivity (Wildman–Crippen MR) is 132 cm³/mol. The summed E-state index contributed by atoms with van der Waals surface area (Å²) in [5, 5.41) is 7.68. The van der Waals surface area contributed by atoms with E-state index >= 15 is 0 Å². The first kappa shape index (κ1) is 27.1. The zero-order chi connectivity index (χ0) is 26.0. The Kier molecular flexibility index (Phi) is 8.24. The topological polar surface area (TPSA) is 56.5 Å². The van der Waals surface area contributed by atoms with Crippen molar-refractivity contribution in [3.63, 3.8) is 0 Å². The zero-order valence-corrected chi connectivity index (χ0v) is 21.6. The number of aromatic nitrogens is 2. The van der Waals surface area contributed by atoms with Crippen LogP contribution in [0.2, 0.25) is 10.0 Å². The van der Waals surface area contributed by atoms with Crippen LogP contribution in [0.4, 0.5) is 13.2 Å². The van der Waals surface area contributed by atoms with E-state index in [4.69, 9.17) is 28.0 Å². The zero-order valence-electron chi connectivity index (χ0n) is 19.3. The molecule has 0 aliphatic heterocycles. The molecule has 0 bridgehead atoms. The Balaban J connectivity index is 1.83. The van der Waals surface area contributed by atoms with E-state index in [1.807, 2.05) is 24.3 Å². The fraction of sp³-hybridized carbons (Fsp3) is 0.292. The van der Waals surface area contributed by atoms with E-state index in [-0.39, 0.29) is 26.6 Å². The Labute approximate surface area is 215 Å². The summed E-state index contributed by atoms with van der Waals surface area (Å²) in [6.45, 7) is 6.30. The van der Waals surface area contributed by atoms with Crippen LogP contribution in [-0.2, 0) is 29.2 Å². The van der Waals surface area contributed by atoms with E-state index in [0.717, 1.165) is 22.0 Å². The van der Waals surface area contributed by atoms with Crippen molar-refractivity contribution in [2.75, 3.05) is 0 Å². The Hall–Kier alpha value is -2.49. The SMILES string of the molecule is Cn1nc(C(F)(F)F)c(/C=N\OC(=O)c2ccc(Cl)cc2Cl)c1SCc1ccc(C(C)(C)C)cc1. The van der Waals surface area contributed by atoms with Gasteiger partial charge in [-0.15, -0.1) is 11.8 Å². The van der Waals surface area contributed by atoms with Crippen LogP contribution in [0, 0.1) is 0 Å². The third-order valence-electron chi connectivity index (χ3n) is 4.96. The van der Waals surface area contributed by atoms with E-state index in [0.29, 0.717) is 10.8 Å². The molecule has 0 aliphatic carbocycles. The molecule has 0 atom stereocenters. The molecule has 186 valence electrons. The summed E-state index contributed by atoms with van der Waals surface area (Å²) in [4.78, 5) is 17.0. The van der Waals surface area contributed by atoms with Crippen molar-refractivity contribution in [1.82, 2.24) is 9.78 Å². The van der Waals surface area contributed by atoms with E-state index in [1.54, 1.807) is 0 Å². The van der Waals surface area contributed by atoms with Gasteiger partial charge in [-0.1, -0.05) is 73.4 Å². The lowest BCUT2D eigenvalue weighted by atomic mass is 9.87. The van der Waals surface area contributed by atoms with E-state index in [2.05, 4.69) is 31.0 Å². The summed E-state index contributed by atoms with van der Waals surface area (Å²) in [5.41, 5.74) is 0.628. The van der Waals surface area contributed by atoms with Crippen LogP contribution < -0.4 is 0 Å². The highest BCUT2D eigenvalue weighted by Crippen LogP contribution is 2.36. The van der Waals surface area contributed by atoms with Crippen LogP contribution >= 0.6 is 35.0 Å². The smallest absolute Gasteiger partial charge is 0.313 e. The first-order valence-electron chi connectivity index (χ1n) is 10.3. The van der Waals surface area contributed by atoms with Crippen molar-refractivity contribution in [3.8, 4) is 0 Å². The lowest BCUT2D eigenvalue weighted by Gasteiger charge is -2.19. The number of hydrogen-bond acceptors (Lipinski definition) is 5. The Morgan fingerprint density at radius 3 is 2.37 bits per heavy atom. The number of oxime groups is 1. The molecule has 3 aromatic rings. The molecule has 3 rings (SSSR count). The third-order valence-corrected chi connectivity index (χ3v) is 6.74. The maximum atomic E-state index is 13.6. The van der Waals surface area contributed by atoms with Crippen molar-refractivity contribution >= 4 is 47.1 Å². The minimum absolute atomic E-state index is 0.00731. The molecular weight excluding hydrogens is 522 g/mol. The first-order chi connectivity index (χ1) is 16.3. The molecule has 0 amide bonds. The van der Waals surface area contributed by atoms with E-state index < -0.39 is 17.8 Å². The second kappa shape index (κ2) is 10.6. The van der Waals surface area contributed by atoms with Crippen molar-refractivity contribution in [2.24, 2.45) is 12.2 Å². The third kappa shape index (κ3) is 6.80. The lowest BCUT2D eigenvalue weighted by molar-refractivity contribution is -0.141. The number of hydrogen-bond donors (Lipinski definition) is 0. The molecule has 0 saturated heterocycles. The van der Waals surface area contributed by atoms with Gasteiger partial charge < -0.3 is 4.84 Å². The number of carbonyl (C=O) groups is 1. The van der Waals surface area contributed by atoms with Crippen LogP contribution in [0.5, 0.6) is 0 Å². The number of carbonyl (C=O) groups excluding carboxylic acids is 1. The fourth-order valence-corrected chi connectivity index (χ4v) is 4.62. The van der Waals surface area contributed by atoms with Gasteiger partial charge in [0.05, 0.1) is 22.4 Å². The van der Waals surface area contributed by atoms with Gasteiger partial charge in [0, 0.05) is 17.8 Å². The predicted octanol–water partition coefficient (Wildman–Crippen LogP) is 7.53. The minimum Gasteiger partial charge on any atom is -0.313 e. The van der Waals surface area contributed by atoms with Crippen molar-refractivity contribution in [2.45, 2.75) is 43.1 Å². The van der Waals surface area contributed by atoms with Crippen LogP contribution in [0.3, 0.4) is 0 Å². The molecule has 0 N–H and O–H groups in total. The molecule has 1 heterocycles. The number of rotatable bonds is 6. The summed E-state index contributed by atoms with van der Waals surface area (Å²) in [6.07, 6.45) is -3.89. The summed E-state index contributed by atoms with van der Waals surface area (Å²) in [5.74, 6) is -0.532. The fourth-order valence-electron chi connectivity index (χ4n) is 3.11. The van der Waals surface area contributed by atoms with Crippen molar-refractivity contribution in [3.05, 3.63) is 80.5 Å². The molecule has 1 aromatic heterocycles. The molecule has 0 aliphatic rings. The Bertz CT molecular complexity index is 1250. The van der Waals surface area contributed by atoms with Gasteiger partial charge in [-0.2, -0.15) is 18.3 Å². The van der Waals surface area contributed by atoms with Gasteiger partial charge in [0.15, 0.2) is 5.69 Å². The van der Waals surface area contributed by atoms with Crippen molar-refractivity contribution < 1.29 is 22.8 Å². The van der Waals surface area contributed by atoms with Crippen molar-refractivity contribution in [1.29, 1.82) is 0 Å². The van der Waals surface area contributed by atoms with E-state index in [1.165, 1.54) is 37.0 Å². The number of halogens is 5. The van der Waals surface area contributed by atoms with Crippen LogP contribution in [-0.4, -0.2) is 22.0 Å². The largest absolute Gasteiger partial charge is 0.435 e. The molecule has 35 heavy (non-hydrogen) atoms. The quantitative estimate of drug-likeness (QED) is 0.139. The molecule has 5 nitrogen and oxygen atoms in total. The van der Waals surface area contributed by atoms with Gasteiger partial charge in [0.2, 0.25) is 0 Å². The number of aryl methyl sites for hydroxylation is 1. The Morgan fingerprint density at radius 2 is 1.80 bits per heavy atom. The summed E-state index contributed by atoms with van der Waals surface area (Å²) in [7, 11) is 1.41. The molecule has 11 heteroatoms. The minimum atomic E-state index is -4.73.